The van der Waals surface area contributed by atoms with E-state index in [1.165, 1.54) is 0 Å². The van der Waals surface area contributed by atoms with Crippen LogP contribution in [0, 0.1) is 5.82 Å². The summed E-state index contributed by atoms with van der Waals surface area (Å²) in [5.41, 5.74) is -2.40. The van der Waals surface area contributed by atoms with Gasteiger partial charge in [-0.2, -0.15) is 26.3 Å². The zero-order valence-corrected chi connectivity index (χ0v) is 9.40. The second-order valence-corrected chi connectivity index (χ2v) is 3.71. The van der Waals surface area contributed by atoms with E-state index in [2.05, 4.69) is 0 Å². The molecule has 0 N–H and O–H groups in total. The molecule has 0 aliphatic heterocycles. The van der Waals surface area contributed by atoms with Crippen molar-refractivity contribution in [2.45, 2.75) is 18.8 Å². The molecule has 0 atom stereocenters. The summed E-state index contributed by atoms with van der Waals surface area (Å²) in [4.78, 5) is 21.8. The predicted octanol–water partition coefficient (Wildman–Crippen LogP) is 3.55. The van der Waals surface area contributed by atoms with Gasteiger partial charge in [-0.1, -0.05) is 6.07 Å². The normalized spacial score (nSPS) is 12.3. The van der Waals surface area contributed by atoms with E-state index in [1.54, 1.807) is 0 Å². The van der Waals surface area contributed by atoms with Gasteiger partial charge in [0.2, 0.25) is 5.78 Å². The maximum Gasteiger partial charge on any atom is 0.450 e. The highest BCUT2D eigenvalue weighted by molar-refractivity contribution is 6.09. The molecular formula is C11H5F7O2. The fourth-order valence-corrected chi connectivity index (χ4v) is 1.27. The molecule has 0 aliphatic rings. The molecule has 0 aliphatic carbocycles. The first kappa shape index (κ1) is 16.1. The van der Waals surface area contributed by atoms with Gasteiger partial charge in [0, 0.05) is 5.56 Å². The van der Waals surface area contributed by atoms with Crippen molar-refractivity contribution in [2.24, 2.45) is 0 Å². The van der Waals surface area contributed by atoms with Crippen LogP contribution in [-0.2, 0) is 11.0 Å². The Morgan fingerprint density at radius 2 is 1.55 bits per heavy atom. The molecule has 110 valence electrons. The van der Waals surface area contributed by atoms with Crippen LogP contribution in [-0.4, -0.2) is 17.7 Å². The molecule has 0 amide bonds. The molecular weight excluding hydrogens is 297 g/mol. The van der Waals surface area contributed by atoms with E-state index in [4.69, 9.17) is 0 Å². The lowest BCUT2D eigenvalue weighted by atomic mass is 10.0. The van der Waals surface area contributed by atoms with Crippen molar-refractivity contribution >= 4 is 11.6 Å². The number of alkyl halides is 6. The van der Waals surface area contributed by atoms with Crippen LogP contribution in [0.25, 0.3) is 0 Å². The van der Waals surface area contributed by atoms with Crippen molar-refractivity contribution in [3.63, 3.8) is 0 Å². The van der Waals surface area contributed by atoms with E-state index in [-0.39, 0.29) is 12.1 Å². The number of halogens is 7. The SMILES string of the molecule is O=C(CC(=O)C(F)(F)F)c1ccc(C(F)(F)F)c(F)c1. The van der Waals surface area contributed by atoms with E-state index in [0.29, 0.717) is 6.07 Å². The second kappa shape index (κ2) is 5.22. The Balaban J connectivity index is 2.97. The van der Waals surface area contributed by atoms with Crippen LogP contribution in [0.3, 0.4) is 0 Å². The van der Waals surface area contributed by atoms with Crippen LogP contribution in [0.15, 0.2) is 18.2 Å². The molecule has 0 heterocycles. The molecule has 2 nitrogen and oxygen atoms in total. The Kier molecular flexibility index (Phi) is 4.21. The molecule has 9 heteroatoms. The molecule has 0 unspecified atom stereocenters. The molecule has 0 radical (unpaired) electrons. The Morgan fingerprint density at radius 1 is 1.00 bits per heavy atom. The van der Waals surface area contributed by atoms with E-state index < -0.39 is 47.3 Å². The van der Waals surface area contributed by atoms with Gasteiger partial charge in [-0.15, -0.1) is 0 Å². The topological polar surface area (TPSA) is 34.1 Å². The van der Waals surface area contributed by atoms with Crippen LogP contribution in [0.2, 0.25) is 0 Å². The first-order chi connectivity index (χ1) is 8.93. The largest absolute Gasteiger partial charge is 0.450 e. The third kappa shape index (κ3) is 3.78. The first-order valence-electron chi connectivity index (χ1n) is 4.93. The Bertz CT molecular complexity index is 543. The van der Waals surface area contributed by atoms with Crippen molar-refractivity contribution in [1.82, 2.24) is 0 Å². The molecule has 20 heavy (non-hydrogen) atoms. The second-order valence-electron chi connectivity index (χ2n) is 3.71. The smallest absolute Gasteiger partial charge is 0.294 e. The highest BCUT2D eigenvalue weighted by Gasteiger charge is 2.39. The van der Waals surface area contributed by atoms with E-state index in [1.807, 2.05) is 0 Å². The Labute approximate surface area is 107 Å². The molecule has 0 fully saturated rings. The van der Waals surface area contributed by atoms with Crippen LogP contribution in [0.4, 0.5) is 30.7 Å². The Morgan fingerprint density at radius 3 is 1.95 bits per heavy atom. The average Bonchev–Trinajstić information content (AvgIpc) is 2.25. The highest BCUT2D eigenvalue weighted by atomic mass is 19.4. The van der Waals surface area contributed by atoms with Gasteiger partial charge in [0.15, 0.2) is 5.78 Å². The lowest BCUT2D eigenvalue weighted by Gasteiger charge is -2.09. The summed E-state index contributed by atoms with van der Waals surface area (Å²) in [5.74, 6) is -5.58. The average molecular weight is 302 g/mol. The van der Waals surface area contributed by atoms with Gasteiger partial charge in [0.1, 0.15) is 5.82 Å². The van der Waals surface area contributed by atoms with E-state index in [0.717, 1.165) is 0 Å². The number of hydrogen-bond donors (Lipinski definition) is 0. The number of rotatable bonds is 3. The summed E-state index contributed by atoms with van der Waals surface area (Å²) < 4.78 is 85.5. The van der Waals surface area contributed by atoms with Gasteiger partial charge in [0.05, 0.1) is 12.0 Å². The minimum absolute atomic E-state index is 0.148. The lowest BCUT2D eigenvalue weighted by molar-refractivity contribution is -0.170. The van der Waals surface area contributed by atoms with Crippen LogP contribution in [0.1, 0.15) is 22.3 Å². The summed E-state index contributed by atoms with van der Waals surface area (Å²) >= 11 is 0. The minimum Gasteiger partial charge on any atom is -0.294 e. The van der Waals surface area contributed by atoms with Crippen molar-refractivity contribution in [3.8, 4) is 0 Å². The predicted molar refractivity (Wildman–Crippen MR) is 51.4 cm³/mol. The van der Waals surface area contributed by atoms with E-state index in [9.17, 15) is 40.3 Å². The molecule has 0 saturated carbocycles. The van der Waals surface area contributed by atoms with Crippen LogP contribution in [0.5, 0.6) is 0 Å². The summed E-state index contributed by atoms with van der Waals surface area (Å²) in [5, 5.41) is 0. The third-order valence-corrected chi connectivity index (χ3v) is 2.23. The van der Waals surface area contributed by atoms with Crippen molar-refractivity contribution in [1.29, 1.82) is 0 Å². The fraction of sp³-hybridized carbons (Fsp3) is 0.273. The summed E-state index contributed by atoms with van der Waals surface area (Å²) in [7, 11) is 0. The molecule has 0 bridgehead atoms. The molecule has 1 aromatic rings. The molecule has 1 aromatic carbocycles. The van der Waals surface area contributed by atoms with Gasteiger partial charge in [-0.3, -0.25) is 9.59 Å². The minimum atomic E-state index is -5.24. The van der Waals surface area contributed by atoms with Gasteiger partial charge in [-0.05, 0) is 12.1 Å². The van der Waals surface area contributed by atoms with Crippen molar-refractivity contribution in [3.05, 3.63) is 35.1 Å². The maximum atomic E-state index is 13.1. The monoisotopic (exact) mass is 302 g/mol. The Hall–Kier alpha value is -1.93. The van der Waals surface area contributed by atoms with Gasteiger partial charge in [-0.25, -0.2) is 4.39 Å². The zero-order chi connectivity index (χ0) is 15.7. The van der Waals surface area contributed by atoms with Gasteiger partial charge < -0.3 is 0 Å². The molecule has 1 rings (SSSR count). The standard InChI is InChI=1S/C11H5F7O2/c12-7-3-5(1-2-6(7)10(13,14)15)8(19)4-9(20)11(16,17)18/h1-3H,4H2. The van der Waals surface area contributed by atoms with Crippen LogP contribution >= 0.6 is 0 Å². The van der Waals surface area contributed by atoms with E-state index >= 15 is 0 Å². The number of Topliss-reactive ketones (excluding diaryl/α,β-unsaturated/α-hetero) is 2. The summed E-state index contributed by atoms with van der Waals surface area (Å²) in [6.07, 6.45) is -11.8. The first-order valence-corrected chi connectivity index (χ1v) is 4.93. The maximum absolute atomic E-state index is 13.1. The summed E-state index contributed by atoms with van der Waals surface area (Å²) in [6, 6.07) is 0.882. The molecule has 0 spiro atoms. The van der Waals surface area contributed by atoms with Gasteiger partial charge >= 0.3 is 12.4 Å². The number of hydrogen-bond acceptors (Lipinski definition) is 2. The summed E-state index contributed by atoms with van der Waals surface area (Å²) in [6.45, 7) is 0. The van der Waals surface area contributed by atoms with Crippen molar-refractivity contribution in [2.75, 3.05) is 0 Å². The lowest BCUT2D eigenvalue weighted by Crippen LogP contribution is -2.25. The van der Waals surface area contributed by atoms with Crippen LogP contribution < -0.4 is 0 Å². The van der Waals surface area contributed by atoms with Gasteiger partial charge in [0.25, 0.3) is 0 Å². The number of benzene rings is 1. The number of ketones is 2. The molecule has 0 aromatic heterocycles. The fourth-order valence-electron chi connectivity index (χ4n) is 1.27. The zero-order valence-electron chi connectivity index (χ0n) is 9.40. The quantitative estimate of drug-likeness (QED) is 0.486. The van der Waals surface area contributed by atoms with Crippen molar-refractivity contribution < 1.29 is 40.3 Å². The molecule has 0 saturated heterocycles. The highest BCUT2D eigenvalue weighted by Crippen LogP contribution is 2.31. The number of carbonyl (C=O) groups is 2. The number of carbonyl (C=O) groups excluding carboxylic acids is 2. The third-order valence-electron chi connectivity index (χ3n) is 2.23.